The van der Waals surface area contributed by atoms with Crippen LogP contribution in [0.2, 0.25) is 0 Å². The first-order valence-corrected chi connectivity index (χ1v) is 6.99. The van der Waals surface area contributed by atoms with Crippen molar-refractivity contribution in [3.63, 3.8) is 0 Å². The predicted molar refractivity (Wildman–Crippen MR) is 76.0 cm³/mol. The highest BCUT2D eigenvalue weighted by Crippen LogP contribution is 2.34. The van der Waals surface area contributed by atoms with E-state index >= 15 is 0 Å². The summed E-state index contributed by atoms with van der Waals surface area (Å²) >= 11 is 1.08. The Labute approximate surface area is 128 Å². The normalized spacial score (nSPS) is 11.1. The summed E-state index contributed by atoms with van der Waals surface area (Å²) in [5.41, 5.74) is -0.381. The van der Waals surface area contributed by atoms with Gasteiger partial charge in [0.2, 0.25) is 5.95 Å². The van der Waals surface area contributed by atoms with Crippen molar-refractivity contribution >= 4 is 28.1 Å². The molecule has 0 amide bonds. The third-order valence-corrected chi connectivity index (χ3v) is 3.53. The number of aryl methyl sites for hydroxylation is 1. The maximum atomic E-state index is 12.9. The molecule has 2 rings (SSSR count). The van der Waals surface area contributed by atoms with Gasteiger partial charge >= 0.3 is 6.18 Å². The van der Waals surface area contributed by atoms with Gasteiger partial charge in [0.1, 0.15) is 22.5 Å². The average molecular weight is 328 g/mol. The molecule has 0 unspecified atom stereocenters. The molecule has 0 fully saturated rings. The highest BCUT2D eigenvalue weighted by molar-refractivity contribution is 7.16. The SMILES string of the molecule is CCNc1nc(Nc2sc(C#N)nc2C)ncc1C(F)(F)F. The van der Waals surface area contributed by atoms with Crippen molar-refractivity contribution < 1.29 is 13.2 Å². The monoisotopic (exact) mass is 328 g/mol. The van der Waals surface area contributed by atoms with Crippen molar-refractivity contribution in [3.8, 4) is 6.07 Å². The van der Waals surface area contributed by atoms with Gasteiger partial charge in [-0.25, -0.2) is 9.97 Å². The lowest BCUT2D eigenvalue weighted by Crippen LogP contribution is -2.14. The van der Waals surface area contributed by atoms with E-state index in [4.69, 9.17) is 5.26 Å². The fraction of sp³-hybridized carbons (Fsp3) is 0.333. The van der Waals surface area contributed by atoms with Crippen LogP contribution in [0.25, 0.3) is 0 Å². The molecule has 2 aromatic heterocycles. The summed E-state index contributed by atoms with van der Waals surface area (Å²) in [6.45, 7) is 3.63. The predicted octanol–water partition coefficient (Wildman–Crippen LogP) is 3.31. The van der Waals surface area contributed by atoms with Crippen LogP contribution in [-0.2, 0) is 6.18 Å². The molecule has 0 atom stereocenters. The number of hydrogen-bond acceptors (Lipinski definition) is 7. The number of nitrogens with zero attached hydrogens (tertiary/aromatic N) is 4. The highest BCUT2D eigenvalue weighted by atomic mass is 32.1. The number of hydrogen-bond donors (Lipinski definition) is 2. The van der Waals surface area contributed by atoms with Gasteiger partial charge in [0.25, 0.3) is 0 Å². The second-order valence-corrected chi connectivity index (χ2v) is 5.15. The molecule has 0 saturated heterocycles. The Kier molecular flexibility index (Phi) is 4.46. The van der Waals surface area contributed by atoms with Crippen LogP contribution >= 0.6 is 11.3 Å². The van der Waals surface area contributed by atoms with E-state index in [0.29, 0.717) is 10.7 Å². The molecule has 2 heterocycles. The van der Waals surface area contributed by atoms with Crippen LogP contribution in [0.3, 0.4) is 0 Å². The zero-order valence-electron chi connectivity index (χ0n) is 11.6. The van der Waals surface area contributed by atoms with Gasteiger partial charge in [-0.15, -0.1) is 0 Å². The minimum absolute atomic E-state index is 0.000176. The van der Waals surface area contributed by atoms with Gasteiger partial charge in [-0.05, 0) is 13.8 Å². The molecule has 0 aromatic carbocycles. The summed E-state index contributed by atoms with van der Waals surface area (Å²) < 4.78 is 38.6. The van der Waals surface area contributed by atoms with Gasteiger partial charge < -0.3 is 10.6 Å². The van der Waals surface area contributed by atoms with E-state index in [-0.39, 0.29) is 23.3 Å². The van der Waals surface area contributed by atoms with Gasteiger partial charge in [-0.2, -0.15) is 23.4 Å². The first-order valence-electron chi connectivity index (χ1n) is 6.17. The van der Waals surface area contributed by atoms with Crippen molar-refractivity contribution in [2.24, 2.45) is 0 Å². The molecule has 10 heteroatoms. The van der Waals surface area contributed by atoms with Gasteiger partial charge in [-0.1, -0.05) is 11.3 Å². The van der Waals surface area contributed by atoms with Crippen LogP contribution in [0.15, 0.2) is 6.20 Å². The van der Waals surface area contributed by atoms with E-state index in [1.807, 2.05) is 6.07 Å². The lowest BCUT2D eigenvalue weighted by atomic mass is 10.3. The Morgan fingerprint density at radius 3 is 2.64 bits per heavy atom. The van der Waals surface area contributed by atoms with Crippen LogP contribution < -0.4 is 10.6 Å². The van der Waals surface area contributed by atoms with Crippen LogP contribution in [0, 0.1) is 18.3 Å². The molecule has 0 spiro atoms. The summed E-state index contributed by atoms with van der Waals surface area (Å²) in [7, 11) is 0. The standard InChI is InChI=1S/C12H11F3N6S/c1-3-17-9-7(12(13,14)15)5-18-11(20-9)21-10-6(2)19-8(4-16)22-10/h5H,3H2,1-2H3,(H2,17,18,20,21). The molecule has 116 valence electrons. The molecule has 0 radical (unpaired) electrons. The van der Waals surface area contributed by atoms with E-state index in [1.165, 1.54) is 0 Å². The third kappa shape index (κ3) is 3.43. The fourth-order valence-electron chi connectivity index (χ4n) is 1.61. The number of nitriles is 1. The van der Waals surface area contributed by atoms with Crippen molar-refractivity contribution in [3.05, 3.63) is 22.5 Å². The van der Waals surface area contributed by atoms with Crippen LogP contribution in [-0.4, -0.2) is 21.5 Å². The summed E-state index contributed by atoms with van der Waals surface area (Å²) in [5, 5.41) is 14.9. The second-order valence-electron chi connectivity index (χ2n) is 4.15. The molecular formula is C12H11F3N6S. The number of aromatic nitrogens is 3. The topological polar surface area (TPSA) is 86.5 Å². The summed E-state index contributed by atoms with van der Waals surface area (Å²) in [6.07, 6.45) is -3.82. The number of alkyl halides is 3. The molecule has 2 N–H and O–H groups in total. The summed E-state index contributed by atoms with van der Waals surface area (Å²) in [5.74, 6) is -0.296. The molecular weight excluding hydrogens is 317 g/mol. The first-order chi connectivity index (χ1) is 10.3. The van der Waals surface area contributed by atoms with E-state index in [1.54, 1.807) is 13.8 Å². The molecule has 0 bridgehead atoms. The van der Waals surface area contributed by atoms with Gasteiger partial charge in [0.05, 0.1) is 5.69 Å². The Hall–Kier alpha value is -2.41. The molecule has 2 aromatic rings. The molecule has 0 saturated carbocycles. The summed E-state index contributed by atoms with van der Waals surface area (Å²) in [4.78, 5) is 11.5. The van der Waals surface area contributed by atoms with Crippen LogP contribution in [0.5, 0.6) is 0 Å². The Bertz CT molecular complexity index is 719. The smallest absolute Gasteiger partial charge is 0.370 e. The summed E-state index contributed by atoms with van der Waals surface area (Å²) in [6, 6.07) is 1.90. The van der Waals surface area contributed by atoms with E-state index in [2.05, 4.69) is 25.6 Å². The molecule has 6 nitrogen and oxygen atoms in total. The van der Waals surface area contributed by atoms with Crippen LogP contribution in [0.1, 0.15) is 23.2 Å². The first kappa shape index (κ1) is 16.0. The maximum Gasteiger partial charge on any atom is 0.421 e. The average Bonchev–Trinajstić information content (AvgIpc) is 2.79. The minimum atomic E-state index is -4.54. The Balaban J connectivity index is 2.34. The van der Waals surface area contributed by atoms with Crippen molar-refractivity contribution in [2.45, 2.75) is 20.0 Å². The Morgan fingerprint density at radius 1 is 1.36 bits per heavy atom. The van der Waals surface area contributed by atoms with E-state index < -0.39 is 11.7 Å². The maximum absolute atomic E-state index is 12.9. The highest BCUT2D eigenvalue weighted by Gasteiger charge is 2.35. The fourth-order valence-corrected chi connectivity index (χ4v) is 2.37. The van der Waals surface area contributed by atoms with E-state index in [0.717, 1.165) is 17.5 Å². The van der Waals surface area contributed by atoms with Crippen LogP contribution in [0.4, 0.5) is 29.9 Å². The number of rotatable bonds is 4. The number of thiazole rings is 1. The lowest BCUT2D eigenvalue weighted by Gasteiger charge is -2.13. The zero-order chi connectivity index (χ0) is 16.3. The minimum Gasteiger partial charge on any atom is -0.370 e. The Morgan fingerprint density at radius 2 is 2.09 bits per heavy atom. The van der Waals surface area contributed by atoms with E-state index in [9.17, 15) is 13.2 Å². The number of anilines is 3. The molecule has 0 aliphatic heterocycles. The third-order valence-electron chi connectivity index (χ3n) is 2.56. The molecule has 0 aliphatic carbocycles. The zero-order valence-corrected chi connectivity index (χ0v) is 12.4. The molecule has 0 aliphatic rings. The number of nitrogens with one attached hydrogen (secondary N) is 2. The molecule has 22 heavy (non-hydrogen) atoms. The van der Waals surface area contributed by atoms with Crippen molar-refractivity contribution in [1.82, 2.24) is 15.0 Å². The number of halogens is 3. The van der Waals surface area contributed by atoms with Crippen molar-refractivity contribution in [1.29, 1.82) is 5.26 Å². The van der Waals surface area contributed by atoms with Gasteiger partial charge in [-0.3, -0.25) is 0 Å². The lowest BCUT2D eigenvalue weighted by molar-refractivity contribution is -0.137. The second kappa shape index (κ2) is 6.15. The van der Waals surface area contributed by atoms with Gasteiger partial charge in [0.15, 0.2) is 5.01 Å². The van der Waals surface area contributed by atoms with Crippen molar-refractivity contribution in [2.75, 3.05) is 17.2 Å². The largest absolute Gasteiger partial charge is 0.421 e. The quantitative estimate of drug-likeness (QED) is 0.895. The van der Waals surface area contributed by atoms with Gasteiger partial charge in [0, 0.05) is 12.7 Å².